The summed E-state index contributed by atoms with van der Waals surface area (Å²) in [5.41, 5.74) is 2.56. The van der Waals surface area contributed by atoms with Crippen LogP contribution in [0.5, 0.6) is 0 Å². The van der Waals surface area contributed by atoms with Gasteiger partial charge < -0.3 is 0 Å². The highest BCUT2D eigenvalue weighted by Gasteiger charge is 1.71. The summed E-state index contributed by atoms with van der Waals surface area (Å²) in [4.78, 5) is 0. The van der Waals surface area contributed by atoms with Crippen molar-refractivity contribution in [2.24, 2.45) is 5.10 Å². The lowest BCUT2D eigenvalue weighted by atomic mass is 11.2. The first-order valence-corrected chi connectivity index (χ1v) is 1.66. The Balaban J connectivity index is 2.81. The molecular weight excluding hydrogens is 78.1 g/mol. The summed E-state index contributed by atoms with van der Waals surface area (Å²) in [6, 6.07) is 0. The van der Waals surface area contributed by atoms with Gasteiger partial charge in [0, 0.05) is 20.8 Å². The second-order valence-electron chi connectivity index (χ2n) is 1.15. The lowest BCUT2D eigenvalue weighted by Crippen LogP contribution is -2.24. The highest BCUT2D eigenvalue weighted by atomic mass is 15.6. The second-order valence-corrected chi connectivity index (χ2v) is 1.15. The molecule has 0 aromatic heterocycles. The van der Waals surface area contributed by atoms with E-state index in [1.54, 1.807) is 5.01 Å². The van der Waals surface area contributed by atoms with E-state index in [4.69, 9.17) is 0 Å². The number of nitrogens with zero attached hydrogens (tertiary/aromatic N) is 2. The molecule has 3 nitrogen and oxygen atoms in total. The fraction of sp³-hybridized carbons (Fsp3) is 0.667. The third-order valence-electron chi connectivity index (χ3n) is 0.271. The van der Waals surface area contributed by atoms with Crippen LogP contribution in [0.4, 0.5) is 0 Å². The molecule has 0 heterocycles. The number of hydrogen-bond donors (Lipinski definition) is 1. The van der Waals surface area contributed by atoms with Crippen molar-refractivity contribution in [3.8, 4) is 0 Å². The highest BCUT2D eigenvalue weighted by Crippen LogP contribution is 1.56. The topological polar surface area (TPSA) is 27.6 Å². The van der Waals surface area contributed by atoms with Gasteiger partial charge in [0.2, 0.25) is 0 Å². The van der Waals surface area contributed by atoms with Gasteiger partial charge in [-0.25, -0.2) is 10.5 Å². The van der Waals surface area contributed by atoms with Crippen molar-refractivity contribution < 1.29 is 0 Å². The molecule has 0 bridgehead atoms. The molecule has 0 amide bonds. The average Bonchev–Trinajstić information content (AvgIpc) is 1.35. The van der Waals surface area contributed by atoms with E-state index in [1.807, 2.05) is 14.1 Å². The van der Waals surface area contributed by atoms with Gasteiger partial charge in [0.15, 0.2) is 0 Å². The number of hydrazine groups is 1. The van der Waals surface area contributed by atoms with Gasteiger partial charge >= 0.3 is 0 Å². The Bertz CT molecular complexity index is 41.3. The van der Waals surface area contributed by atoms with Crippen LogP contribution in [-0.2, 0) is 0 Å². The minimum absolute atomic E-state index is 1.70. The molecule has 0 aliphatic rings. The molecule has 0 aliphatic carbocycles. The van der Waals surface area contributed by atoms with Gasteiger partial charge in [0.25, 0.3) is 0 Å². The third kappa shape index (κ3) is 3.43. The lowest BCUT2D eigenvalue weighted by molar-refractivity contribution is 0.300. The molecule has 36 valence electrons. The van der Waals surface area contributed by atoms with Gasteiger partial charge in [0.05, 0.1) is 0 Å². The van der Waals surface area contributed by atoms with E-state index in [1.165, 1.54) is 0 Å². The monoisotopic (exact) mass is 87.1 g/mol. The van der Waals surface area contributed by atoms with Gasteiger partial charge in [-0.1, -0.05) is 0 Å². The van der Waals surface area contributed by atoms with Crippen molar-refractivity contribution in [3.05, 3.63) is 0 Å². The summed E-state index contributed by atoms with van der Waals surface area (Å²) in [6.45, 7) is 3.20. The largest absolute Gasteiger partial charge is 0.241 e. The van der Waals surface area contributed by atoms with E-state index in [0.717, 1.165) is 0 Å². The molecule has 0 unspecified atom stereocenters. The minimum atomic E-state index is 1.70. The first-order chi connectivity index (χ1) is 2.77. The third-order valence-corrected chi connectivity index (χ3v) is 0.271. The van der Waals surface area contributed by atoms with E-state index in [-0.39, 0.29) is 0 Å². The van der Waals surface area contributed by atoms with E-state index < -0.39 is 0 Å². The summed E-state index contributed by atoms with van der Waals surface area (Å²) in [5, 5.41) is 5.06. The van der Waals surface area contributed by atoms with Crippen LogP contribution in [0.2, 0.25) is 0 Å². The smallest absolute Gasteiger partial charge is 0.0120 e. The standard InChI is InChI=1S/C3H9N3/c1-4-5-6(2)3/h5H,1H2,2-3H3. The number of nitrogens with one attached hydrogen (secondary N) is 1. The average molecular weight is 87.1 g/mol. The van der Waals surface area contributed by atoms with Crippen molar-refractivity contribution in [1.82, 2.24) is 10.5 Å². The molecule has 0 atom stereocenters. The van der Waals surface area contributed by atoms with Gasteiger partial charge in [-0.2, -0.15) is 5.10 Å². The Morgan fingerprint density at radius 2 is 2.17 bits per heavy atom. The fourth-order valence-electron chi connectivity index (χ4n) is 0.141. The molecule has 0 radical (unpaired) electrons. The van der Waals surface area contributed by atoms with Crippen molar-refractivity contribution in [3.63, 3.8) is 0 Å². The molecule has 3 heteroatoms. The zero-order chi connectivity index (χ0) is 4.99. The van der Waals surface area contributed by atoms with Gasteiger partial charge in [-0.15, -0.1) is 0 Å². The van der Waals surface area contributed by atoms with Crippen LogP contribution >= 0.6 is 0 Å². The summed E-state index contributed by atoms with van der Waals surface area (Å²) >= 11 is 0. The SMILES string of the molecule is C=NNN(C)C. The first-order valence-electron chi connectivity index (χ1n) is 1.66. The predicted octanol–water partition coefficient (Wildman–Crippen LogP) is -0.332. The first kappa shape index (κ1) is 5.43. The van der Waals surface area contributed by atoms with Crippen LogP contribution in [0, 0.1) is 0 Å². The molecule has 0 saturated heterocycles. The Morgan fingerprint density at radius 3 is 2.17 bits per heavy atom. The minimum Gasteiger partial charge on any atom is -0.241 e. The maximum absolute atomic E-state index is 3.36. The van der Waals surface area contributed by atoms with Crippen molar-refractivity contribution in [2.75, 3.05) is 14.1 Å². The molecule has 0 rings (SSSR count). The normalized spacial score (nSPS) is 8.50. The second kappa shape index (κ2) is 2.66. The summed E-state index contributed by atoms with van der Waals surface area (Å²) < 4.78 is 0. The molecular formula is C3H9N3. The Kier molecular flexibility index (Phi) is 2.40. The van der Waals surface area contributed by atoms with Gasteiger partial charge in [-0.05, 0) is 0 Å². The van der Waals surface area contributed by atoms with E-state index >= 15 is 0 Å². The van der Waals surface area contributed by atoms with E-state index in [0.29, 0.717) is 0 Å². The maximum Gasteiger partial charge on any atom is 0.0120 e. The molecule has 0 spiro atoms. The Labute approximate surface area is 37.6 Å². The number of hydrogen-bond acceptors (Lipinski definition) is 3. The molecule has 0 aromatic rings. The number of hydrazone groups is 1. The molecule has 0 aromatic carbocycles. The van der Waals surface area contributed by atoms with Crippen LogP contribution in [-0.4, -0.2) is 25.8 Å². The maximum atomic E-state index is 3.36. The van der Waals surface area contributed by atoms with E-state index in [9.17, 15) is 0 Å². The predicted molar refractivity (Wildman–Crippen MR) is 26.4 cm³/mol. The zero-order valence-corrected chi connectivity index (χ0v) is 4.10. The highest BCUT2D eigenvalue weighted by molar-refractivity contribution is 5.21. The lowest BCUT2D eigenvalue weighted by Gasteiger charge is -2.04. The Hall–Kier alpha value is -0.570. The summed E-state index contributed by atoms with van der Waals surface area (Å²) in [6.07, 6.45) is 0. The van der Waals surface area contributed by atoms with Gasteiger partial charge in [-0.3, -0.25) is 0 Å². The van der Waals surface area contributed by atoms with Crippen LogP contribution < -0.4 is 5.53 Å². The summed E-state index contributed by atoms with van der Waals surface area (Å²) in [5.74, 6) is 0. The molecule has 1 N–H and O–H groups in total. The molecule has 0 saturated carbocycles. The summed E-state index contributed by atoms with van der Waals surface area (Å²) in [7, 11) is 3.68. The van der Waals surface area contributed by atoms with Crippen LogP contribution in [0.15, 0.2) is 5.10 Å². The molecule has 0 aliphatic heterocycles. The van der Waals surface area contributed by atoms with Gasteiger partial charge in [0.1, 0.15) is 0 Å². The van der Waals surface area contributed by atoms with Crippen LogP contribution in [0.3, 0.4) is 0 Å². The molecule has 6 heavy (non-hydrogen) atoms. The van der Waals surface area contributed by atoms with Crippen molar-refractivity contribution in [1.29, 1.82) is 0 Å². The quantitative estimate of drug-likeness (QED) is 0.369. The van der Waals surface area contributed by atoms with Crippen molar-refractivity contribution >= 4 is 6.72 Å². The fourth-order valence-corrected chi connectivity index (χ4v) is 0.141. The number of rotatable bonds is 2. The van der Waals surface area contributed by atoms with Crippen LogP contribution in [0.25, 0.3) is 0 Å². The zero-order valence-electron chi connectivity index (χ0n) is 4.10. The van der Waals surface area contributed by atoms with Crippen molar-refractivity contribution in [2.45, 2.75) is 0 Å². The van der Waals surface area contributed by atoms with E-state index in [2.05, 4.69) is 17.4 Å². The molecule has 0 fully saturated rings. The van der Waals surface area contributed by atoms with Crippen LogP contribution in [0.1, 0.15) is 0 Å². The Morgan fingerprint density at radius 1 is 1.67 bits per heavy atom.